The van der Waals surface area contributed by atoms with Crippen molar-refractivity contribution >= 4 is 17.6 Å². The van der Waals surface area contributed by atoms with E-state index in [1.165, 1.54) is 0 Å². The summed E-state index contributed by atoms with van der Waals surface area (Å²) in [6, 6.07) is 7.20. The molecule has 0 radical (unpaired) electrons. The normalized spacial score (nSPS) is 22.7. The van der Waals surface area contributed by atoms with E-state index >= 15 is 0 Å². The molecule has 5 nitrogen and oxygen atoms in total. The van der Waals surface area contributed by atoms with Crippen LogP contribution in [-0.4, -0.2) is 35.9 Å². The molecule has 1 aromatic rings. The molecule has 0 aromatic heterocycles. The van der Waals surface area contributed by atoms with Gasteiger partial charge in [-0.1, -0.05) is 23.7 Å². The monoisotopic (exact) mass is 326 g/mol. The molecule has 1 atom stereocenters. The molecule has 1 fully saturated rings. The number of aliphatic hydroxyl groups excluding tert-OH is 1. The highest BCUT2D eigenvalue weighted by atomic mass is 35.5. The lowest BCUT2D eigenvalue weighted by molar-refractivity contribution is 0.117. The lowest BCUT2D eigenvalue weighted by Gasteiger charge is -2.26. The quantitative estimate of drug-likeness (QED) is 0.779. The van der Waals surface area contributed by atoms with Crippen molar-refractivity contribution in [2.45, 2.75) is 50.9 Å². The van der Waals surface area contributed by atoms with E-state index in [4.69, 9.17) is 16.3 Å². The Labute approximate surface area is 136 Å². The van der Waals surface area contributed by atoms with Crippen LogP contribution in [0.2, 0.25) is 5.02 Å². The number of carbonyl (C=O) groups excluding carboxylic acids is 1. The average Bonchev–Trinajstić information content (AvgIpc) is 2.50. The zero-order valence-corrected chi connectivity index (χ0v) is 13.5. The van der Waals surface area contributed by atoms with Crippen molar-refractivity contribution in [2.75, 3.05) is 6.54 Å². The van der Waals surface area contributed by atoms with Crippen molar-refractivity contribution in [3.05, 3.63) is 29.3 Å². The van der Waals surface area contributed by atoms with Gasteiger partial charge in [-0.15, -0.1) is 0 Å². The molecule has 0 saturated heterocycles. The van der Waals surface area contributed by atoms with E-state index in [0.717, 1.165) is 25.7 Å². The molecule has 0 aliphatic heterocycles. The highest BCUT2D eigenvalue weighted by Gasteiger charge is 2.20. The molecule has 1 aliphatic carbocycles. The van der Waals surface area contributed by atoms with Crippen molar-refractivity contribution in [1.82, 2.24) is 10.6 Å². The van der Waals surface area contributed by atoms with Gasteiger partial charge >= 0.3 is 6.03 Å². The summed E-state index contributed by atoms with van der Waals surface area (Å²) in [6.07, 6.45) is 2.73. The fourth-order valence-corrected chi connectivity index (χ4v) is 2.67. The number of aliphatic hydroxyl groups is 1. The molecule has 0 bridgehead atoms. The molecular formula is C16H23ClN2O3. The van der Waals surface area contributed by atoms with Crippen molar-refractivity contribution in [2.24, 2.45) is 0 Å². The van der Waals surface area contributed by atoms with Crippen LogP contribution in [0.4, 0.5) is 4.79 Å². The number of amides is 2. The van der Waals surface area contributed by atoms with Crippen LogP contribution in [0.5, 0.6) is 5.75 Å². The minimum atomic E-state index is -0.217. The second-order valence-electron chi connectivity index (χ2n) is 5.72. The van der Waals surface area contributed by atoms with Crippen LogP contribution < -0.4 is 15.4 Å². The number of hydrogen-bond acceptors (Lipinski definition) is 3. The molecule has 1 saturated carbocycles. The van der Waals surface area contributed by atoms with Crippen molar-refractivity contribution in [3.63, 3.8) is 0 Å². The number of carbonyl (C=O) groups is 1. The summed E-state index contributed by atoms with van der Waals surface area (Å²) >= 11 is 6.03. The van der Waals surface area contributed by atoms with Crippen LogP contribution >= 0.6 is 11.6 Å². The molecular weight excluding hydrogens is 304 g/mol. The summed E-state index contributed by atoms with van der Waals surface area (Å²) in [5.74, 6) is 0.611. The molecule has 6 heteroatoms. The molecule has 3 N–H and O–H groups in total. The second-order valence-corrected chi connectivity index (χ2v) is 6.13. The van der Waals surface area contributed by atoms with Crippen molar-refractivity contribution < 1.29 is 14.6 Å². The smallest absolute Gasteiger partial charge is 0.315 e. The van der Waals surface area contributed by atoms with Gasteiger partial charge in [-0.25, -0.2) is 4.79 Å². The van der Waals surface area contributed by atoms with Gasteiger partial charge in [0.2, 0.25) is 0 Å². The number of para-hydroxylation sites is 1. The van der Waals surface area contributed by atoms with E-state index in [1.54, 1.807) is 12.1 Å². The molecule has 1 unspecified atom stereocenters. The number of urea groups is 1. The number of nitrogens with one attached hydrogen (secondary N) is 2. The van der Waals surface area contributed by atoms with E-state index in [1.807, 2.05) is 19.1 Å². The van der Waals surface area contributed by atoms with Crippen LogP contribution in [0.25, 0.3) is 0 Å². The van der Waals surface area contributed by atoms with Gasteiger partial charge in [-0.05, 0) is 44.7 Å². The summed E-state index contributed by atoms with van der Waals surface area (Å²) in [5, 5.41) is 15.7. The zero-order chi connectivity index (χ0) is 15.9. The van der Waals surface area contributed by atoms with Crippen LogP contribution in [0, 0.1) is 0 Å². The first-order valence-corrected chi connectivity index (χ1v) is 8.06. The van der Waals surface area contributed by atoms with Gasteiger partial charge in [0.25, 0.3) is 0 Å². The molecule has 1 aliphatic rings. The van der Waals surface area contributed by atoms with Gasteiger partial charge in [-0.3, -0.25) is 0 Å². The summed E-state index contributed by atoms with van der Waals surface area (Å²) in [6.45, 7) is 2.27. The number of benzene rings is 1. The Morgan fingerprint density at radius 2 is 2.05 bits per heavy atom. The summed E-state index contributed by atoms with van der Waals surface area (Å²) in [7, 11) is 0. The predicted molar refractivity (Wildman–Crippen MR) is 86.3 cm³/mol. The predicted octanol–water partition coefficient (Wildman–Crippen LogP) is 2.71. The molecule has 0 spiro atoms. The Balaban J connectivity index is 1.68. The van der Waals surface area contributed by atoms with Gasteiger partial charge in [0.05, 0.1) is 17.7 Å². The van der Waals surface area contributed by atoms with Crippen LogP contribution in [0.15, 0.2) is 24.3 Å². The van der Waals surface area contributed by atoms with Crippen LogP contribution in [0.1, 0.15) is 32.6 Å². The Bertz CT molecular complexity index is 490. The molecule has 2 amide bonds. The van der Waals surface area contributed by atoms with Crippen LogP contribution in [0.3, 0.4) is 0 Å². The zero-order valence-electron chi connectivity index (χ0n) is 12.7. The number of rotatable bonds is 5. The van der Waals surface area contributed by atoms with Crippen molar-refractivity contribution in [1.29, 1.82) is 0 Å². The topological polar surface area (TPSA) is 70.6 Å². The number of hydrogen-bond donors (Lipinski definition) is 3. The Kier molecular flexibility index (Phi) is 6.34. The van der Waals surface area contributed by atoms with Gasteiger partial charge in [0.1, 0.15) is 11.9 Å². The summed E-state index contributed by atoms with van der Waals surface area (Å²) in [5.41, 5.74) is 0. The third-order valence-corrected chi connectivity index (χ3v) is 4.06. The third-order valence-electron chi connectivity index (χ3n) is 3.75. The molecule has 0 heterocycles. The fourth-order valence-electron chi connectivity index (χ4n) is 2.49. The lowest BCUT2D eigenvalue weighted by atomic mass is 9.93. The van der Waals surface area contributed by atoms with Gasteiger partial charge in [0.15, 0.2) is 0 Å². The minimum absolute atomic E-state index is 0.142. The van der Waals surface area contributed by atoms with Crippen molar-refractivity contribution in [3.8, 4) is 5.75 Å². The van der Waals surface area contributed by atoms with Gasteiger partial charge in [0, 0.05) is 6.04 Å². The molecule has 122 valence electrons. The van der Waals surface area contributed by atoms with E-state index < -0.39 is 0 Å². The first-order chi connectivity index (χ1) is 10.5. The largest absolute Gasteiger partial charge is 0.487 e. The van der Waals surface area contributed by atoms with E-state index in [9.17, 15) is 9.90 Å². The second kappa shape index (κ2) is 8.25. The van der Waals surface area contributed by atoms with E-state index in [2.05, 4.69) is 10.6 Å². The maximum Gasteiger partial charge on any atom is 0.315 e. The molecule has 2 rings (SSSR count). The number of halogens is 1. The fraction of sp³-hybridized carbons (Fsp3) is 0.562. The Hall–Kier alpha value is -1.46. The average molecular weight is 327 g/mol. The first-order valence-electron chi connectivity index (χ1n) is 7.68. The SMILES string of the molecule is CC(CNC(=O)NC1CCC(O)CC1)Oc1ccccc1Cl. The van der Waals surface area contributed by atoms with Gasteiger partial charge < -0.3 is 20.5 Å². The molecule has 1 aromatic carbocycles. The first kappa shape index (κ1) is 16.9. The Morgan fingerprint density at radius 3 is 2.73 bits per heavy atom. The standard InChI is InChI=1S/C16H23ClN2O3/c1-11(22-15-5-3-2-4-14(15)17)10-18-16(21)19-12-6-8-13(20)9-7-12/h2-5,11-13,20H,6-10H2,1H3,(H2,18,19,21). The molecule has 22 heavy (non-hydrogen) atoms. The Morgan fingerprint density at radius 1 is 1.36 bits per heavy atom. The summed E-state index contributed by atoms with van der Waals surface area (Å²) in [4.78, 5) is 11.9. The highest BCUT2D eigenvalue weighted by Crippen LogP contribution is 2.24. The summed E-state index contributed by atoms with van der Waals surface area (Å²) < 4.78 is 5.69. The number of ether oxygens (including phenoxy) is 1. The maximum absolute atomic E-state index is 11.9. The van der Waals surface area contributed by atoms with Gasteiger partial charge in [-0.2, -0.15) is 0 Å². The highest BCUT2D eigenvalue weighted by molar-refractivity contribution is 6.32. The van der Waals surface area contributed by atoms with Crippen LogP contribution in [-0.2, 0) is 0 Å². The van der Waals surface area contributed by atoms with E-state index in [0.29, 0.717) is 17.3 Å². The third kappa shape index (κ3) is 5.39. The minimum Gasteiger partial charge on any atom is -0.487 e. The lowest BCUT2D eigenvalue weighted by Crippen LogP contribution is -2.46. The van der Waals surface area contributed by atoms with E-state index in [-0.39, 0.29) is 24.3 Å². The maximum atomic E-state index is 11.9.